The second-order valence-electron chi connectivity index (χ2n) is 6.54. The topological polar surface area (TPSA) is 97.2 Å². The SMILES string of the molecule is CC(C)(C)OC(=O)N1C[C@@H]2CCCN(C(N)=NN)[C@H]2C1. The van der Waals surface area contributed by atoms with E-state index in [1.807, 2.05) is 25.7 Å². The van der Waals surface area contributed by atoms with Gasteiger partial charge < -0.3 is 26.1 Å². The fourth-order valence-corrected chi connectivity index (χ4v) is 3.01. The summed E-state index contributed by atoms with van der Waals surface area (Å²) in [6.45, 7) is 7.80. The Kier molecular flexibility index (Phi) is 3.96. The summed E-state index contributed by atoms with van der Waals surface area (Å²) in [6, 6.07) is 0.198. The molecule has 2 aliphatic heterocycles. The van der Waals surface area contributed by atoms with Crippen LogP contribution in [0.15, 0.2) is 5.10 Å². The molecule has 0 aliphatic carbocycles. The maximum absolute atomic E-state index is 12.1. The van der Waals surface area contributed by atoms with Crippen LogP contribution in [-0.4, -0.2) is 53.1 Å². The Morgan fingerprint density at radius 1 is 1.35 bits per heavy atom. The lowest BCUT2D eigenvalue weighted by Crippen LogP contribution is -2.51. The fraction of sp³-hybridized carbons (Fsp3) is 0.846. The summed E-state index contributed by atoms with van der Waals surface area (Å²) in [5.41, 5.74) is 5.37. The van der Waals surface area contributed by atoms with Crippen molar-refractivity contribution < 1.29 is 9.53 Å². The van der Waals surface area contributed by atoms with Crippen LogP contribution in [0.1, 0.15) is 33.6 Å². The van der Waals surface area contributed by atoms with Crippen LogP contribution in [0.25, 0.3) is 0 Å². The van der Waals surface area contributed by atoms with E-state index in [-0.39, 0.29) is 12.1 Å². The van der Waals surface area contributed by atoms with Crippen LogP contribution in [0.2, 0.25) is 0 Å². The Morgan fingerprint density at radius 2 is 2.05 bits per heavy atom. The highest BCUT2D eigenvalue weighted by Gasteiger charge is 2.42. The van der Waals surface area contributed by atoms with Gasteiger partial charge in [-0.15, -0.1) is 5.10 Å². The first kappa shape index (κ1) is 14.7. The Bertz CT molecular complexity index is 404. The lowest BCUT2D eigenvalue weighted by Gasteiger charge is -2.37. The largest absolute Gasteiger partial charge is 0.444 e. The summed E-state index contributed by atoms with van der Waals surface area (Å²) < 4.78 is 5.43. The normalized spacial score (nSPS) is 27.4. The summed E-state index contributed by atoms with van der Waals surface area (Å²) in [6.07, 6.45) is 1.88. The number of fused-ring (bicyclic) bond motifs is 1. The molecular formula is C13H25N5O2. The average Bonchev–Trinajstić information content (AvgIpc) is 2.79. The minimum Gasteiger partial charge on any atom is -0.444 e. The first-order valence-electron chi connectivity index (χ1n) is 7.10. The zero-order chi connectivity index (χ0) is 14.9. The molecule has 2 heterocycles. The zero-order valence-corrected chi connectivity index (χ0v) is 12.5. The number of amides is 1. The van der Waals surface area contributed by atoms with Gasteiger partial charge in [-0.25, -0.2) is 4.79 Å². The minimum atomic E-state index is -0.470. The van der Waals surface area contributed by atoms with E-state index in [2.05, 4.69) is 5.10 Å². The summed E-state index contributed by atoms with van der Waals surface area (Å²) in [4.78, 5) is 15.9. The summed E-state index contributed by atoms with van der Waals surface area (Å²) >= 11 is 0. The summed E-state index contributed by atoms with van der Waals surface area (Å²) in [7, 11) is 0. The third kappa shape index (κ3) is 3.08. The highest BCUT2D eigenvalue weighted by atomic mass is 16.6. The van der Waals surface area contributed by atoms with Gasteiger partial charge in [0.2, 0.25) is 5.96 Å². The maximum atomic E-state index is 12.1. The predicted molar refractivity (Wildman–Crippen MR) is 76.8 cm³/mol. The molecule has 2 atom stereocenters. The number of piperidine rings is 1. The van der Waals surface area contributed by atoms with Gasteiger partial charge in [0.25, 0.3) is 0 Å². The second kappa shape index (κ2) is 5.38. The molecule has 0 aromatic heterocycles. The van der Waals surface area contributed by atoms with Crippen LogP contribution < -0.4 is 11.6 Å². The molecule has 0 saturated carbocycles. The Hall–Kier alpha value is -1.66. The number of carbonyl (C=O) groups excluding carboxylic acids is 1. The highest BCUT2D eigenvalue weighted by molar-refractivity contribution is 5.78. The van der Waals surface area contributed by atoms with Gasteiger partial charge in [-0.05, 0) is 39.5 Å². The smallest absolute Gasteiger partial charge is 0.410 e. The molecular weight excluding hydrogens is 258 g/mol. The Morgan fingerprint density at radius 3 is 2.65 bits per heavy atom. The van der Waals surface area contributed by atoms with E-state index in [9.17, 15) is 4.79 Å². The standard InChI is InChI=1S/C13H25N5O2/c1-13(2,3)20-12(19)17-7-9-5-4-6-18(10(9)8-17)11(14)16-15/h9-10H,4-8,15H2,1-3H3,(H2,14,16)/t9-,10-/m0/s1. The third-order valence-corrected chi connectivity index (χ3v) is 3.86. The van der Waals surface area contributed by atoms with E-state index >= 15 is 0 Å². The van der Waals surface area contributed by atoms with Crippen molar-refractivity contribution in [2.45, 2.75) is 45.3 Å². The van der Waals surface area contributed by atoms with Gasteiger partial charge in [0, 0.05) is 19.6 Å². The lowest BCUT2D eigenvalue weighted by atomic mass is 9.92. The van der Waals surface area contributed by atoms with E-state index in [1.165, 1.54) is 0 Å². The lowest BCUT2D eigenvalue weighted by molar-refractivity contribution is 0.0283. The molecule has 1 amide bonds. The molecule has 0 aromatic rings. The molecule has 0 aromatic carbocycles. The van der Waals surface area contributed by atoms with Crippen LogP contribution in [-0.2, 0) is 4.74 Å². The van der Waals surface area contributed by atoms with Gasteiger partial charge in [-0.2, -0.15) is 0 Å². The molecule has 0 spiro atoms. The van der Waals surface area contributed by atoms with E-state index in [1.54, 1.807) is 4.90 Å². The van der Waals surface area contributed by atoms with Crippen molar-refractivity contribution in [3.63, 3.8) is 0 Å². The third-order valence-electron chi connectivity index (χ3n) is 3.86. The predicted octanol–water partition coefficient (Wildman–Crippen LogP) is 0.506. The van der Waals surface area contributed by atoms with Crippen LogP contribution >= 0.6 is 0 Å². The quantitative estimate of drug-likeness (QED) is 0.292. The Balaban J connectivity index is 2.04. The molecule has 2 rings (SSSR count). The molecule has 2 aliphatic rings. The van der Waals surface area contributed by atoms with Gasteiger partial charge in [-0.1, -0.05) is 0 Å². The van der Waals surface area contributed by atoms with E-state index in [0.29, 0.717) is 25.0 Å². The van der Waals surface area contributed by atoms with Gasteiger partial charge in [0.05, 0.1) is 6.04 Å². The van der Waals surface area contributed by atoms with E-state index < -0.39 is 5.60 Å². The minimum absolute atomic E-state index is 0.198. The number of likely N-dealkylation sites (tertiary alicyclic amines) is 2. The number of hydrogen-bond acceptors (Lipinski definition) is 4. The summed E-state index contributed by atoms with van der Waals surface area (Å²) in [5.74, 6) is 6.05. The molecule has 0 radical (unpaired) electrons. The van der Waals surface area contributed by atoms with Crippen LogP contribution in [0.5, 0.6) is 0 Å². The molecule has 0 bridgehead atoms. The average molecular weight is 283 g/mol. The molecule has 7 nitrogen and oxygen atoms in total. The van der Waals surface area contributed by atoms with E-state index in [0.717, 1.165) is 19.4 Å². The highest BCUT2D eigenvalue weighted by Crippen LogP contribution is 2.31. The number of rotatable bonds is 0. The van der Waals surface area contributed by atoms with Crippen molar-refractivity contribution in [3.8, 4) is 0 Å². The molecule has 20 heavy (non-hydrogen) atoms. The number of hydrazone groups is 1. The van der Waals surface area contributed by atoms with Gasteiger partial charge >= 0.3 is 6.09 Å². The van der Waals surface area contributed by atoms with E-state index in [4.69, 9.17) is 16.3 Å². The maximum Gasteiger partial charge on any atom is 0.410 e. The van der Waals surface area contributed by atoms with Crippen molar-refractivity contribution in [2.24, 2.45) is 22.6 Å². The monoisotopic (exact) mass is 283 g/mol. The van der Waals surface area contributed by atoms with Crippen molar-refractivity contribution in [1.82, 2.24) is 9.80 Å². The second-order valence-corrected chi connectivity index (χ2v) is 6.54. The summed E-state index contributed by atoms with van der Waals surface area (Å²) in [5, 5.41) is 3.59. The number of carbonyl (C=O) groups is 1. The number of ether oxygens (including phenoxy) is 1. The van der Waals surface area contributed by atoms with Gasteiger partial charge in [-0.3, -0.25) is 0 Å². The molecule has 0 unspecified atom stereocenters. The zero-order valence-electron chi connectivity index (χ0n) is 12.5. The Labute approximate surface area is 119 Å². The van der Waals surface area contributed by atoms with Crippen LogP contribution in [0.3, 0.4) is 0 Å². The molecule has 4 N–H and O–H groups in total. The number of nitrogens with zero attached hydrogens (tertiary/aromatic N) is 3. The van der Waals surface area contributed by atoms with Crippen LogP contribution in [0.4, 0.5) is 4.79 Å². The van der Waals surface area contributed by atoms with Crippen molar-refractivity contribution in [3.05, 3.63) is 0 Å². The van der Waals surface area contributed by atoms with Crippen LogP contribution in [0, 0.1) is 5.92 Å². The first-order chi connectivity index (χ1) is 9.31. The van der Waals surface area contributed by atoms with Crippen molar-refractivity contribution >= 4 is 12.1 Å². The molecule has 7 heteroatoms. The molecule has 2 saturated heterocycles. The fourth-order valence-electron chi connectivity index (χ4n) is 3.01. The number of hydrogen-bond donors (Lipinski definition) is 2. The van der Waals surface area contributed by atoms with Gasteiger partial charge in [0.1, 0.15) is 5.60 Å². The van der Waals surface area contributed by atoms with Crippen molar-refractivity contribution in [1.29, 1.82) is 0 Å². The van der Waals surface area contributed by atoms with Crippen molar-refractivity contribution in [2.75, 3.05) is 19.6 Å². The molecule has 2 fully saturated rings. The molecule has 114 valence electrons. The van der Waals surface area contributed by atoms with Gasteiger partial charge in [0.15, 0.2) is 0 Å². The number of guanidine groups is 1. The first-order valence-corrected chi connectivity index (χ1v) is 7.10. The number of nitrogens with two attached hydrogens (primary N) is 2.